The molecule has 0 radical (unpaired) electrons. The zero-order valence-electron chi connectivity index (χ0n) is 12.3. The Kier molecular flexibility index (Phi) is 6.55. The number of nitrogens with one attached hydrogen (secondary N) is 1. The minimum Gasteiger partial charge on any atom is -0.481 e. The maximum Gasteiger partial charge on any atom is 0.257 e. The number of benzene rings is 1. The third-order valence-corrected chi connectivity index (χ3v) is 3.75. The maximum atomic E-state index is 13.3. The minimum absolute atomic E-state index is 0.0201. The molecule has 0 aliphatic heterocycles. The molecule has 0 aromatic heterocycles. The second-order valence-electron chi connectivity index (χ2n) is 5.01. The van der Waals surface area contributed by atoms with E-state index >= 15 is 0 Å². The van der Waals surface area contributed by atoms with Crippen molar-refractivity contribution in [2.24, 2.45) is 5.41 Å². The van der Waals surface area contributed by atoms with Gasteiger partial charge in [0.15, 0.2) is 18.2 Å². The highest BCUT2D eigenvalue weighted by Crippen LogP contribution is 2.24. The van der Waals surface area contributed by atoms with Gasteiger partial charge in [-0.15, -0.1) is 0 Å². The van der Waals surface area contributed by atoms with Gasteiger partial charge in [-0.05, 0) is 25.0 Å². The van der Waals surface area contributed by atoms with Crippen LogP contribution in [-0.4, -0.2) is 30.8 Å². The van der Waals surface area contributed by atoms with E-state index in [1.807, 2.05) is 13.8 Å². The van der Waals surface area contributed by atoms with Gasteiger partial charge in [-0.3, -0.25) is 4.79 Å². The quantitative estimate of drug-likeness (QED) is 0.774. The molecule has 0 atom stereocenters. The van der Waals surface area contributed by atoms with Crippen LogP contribution in [0.1, 0.15) is 26.7 Å². The molecule has 0 spiro atoms. The summed E-state index contributed by atoms with van der Waals surface area (Å²) in [6.45, 7) is 3.82. The third kappa shape index (κ3) is 4.97. The Morgan fingerprint density at radius 2 is 2.00 bits per heavy atom. The molecule has 0 bridgehead atoms. The fourth-order valence-corrected chi connectivity index (χ4v) is 1.85. The molecule has 0 aliphatic carbocycles. The fourth-order valence-electron chi connectivity index (χ4n) is 1.85. The highest BCUT2D eigenvalue weighted by atomic mass is 19.1. The molecule has 0 fully saturated rings. The van der Waals surface area contributed by atoms with Crippen molar-refractivity contribution in [1.82, 2.24) is 5.32 Å². The average molecular weight is 301 g/mol. The normalized spacial score (nSPS) is 11.3. The second-order valence-corrected chi connectivity index (χ2v) is 5.01. The van der Waals surface area contributed by atoms with Gasteiger partial charge in [0.1, 0.15) is 5.82 Å². The van der Waals surface area contributed by atoms with E-state index in [0.717, 1.165) is 25.0 Å². The van der Waals surface area contributed by atoms with Crippen LogP contribution in [0, 0.1) is 17.0 Å². The van der Waals surface area contributed by atoms with Crippen molar-refractivity contribution in [3.05, 3.63) is 29.8 Å². The monoisotopic (exact) mass is 301 g/mol. The number of aliphatic hydroxyl groups is 1. The lowest BCUT2D eigenvalue weighted by Gasteiger charge is -2.29. The Bertz CT molecular complexity index is 468. The second kappa shape index (κ2) is 7.93. The van der Waals surface area contributed by atoms with Crippen LogP contribution >= 0.6 is 0 Å². The van der Waals surface area contributed by atoms with Crippen LogP contribution in [0.25, 0.3) is 0 Å². The van der Waals surface area contributed by atoms with Crippen molar-refractivity contribution >= 4 is 5.91 Å². The van der Waals surface area contributed by atoms with Crippen molar-refractivity contribution in [3.8, 4) is 5.75 Å². The molecular weight excluding hydrogens is 280 g/mol. The Morgan fingerprint density at radius 1 is 1.33 bits per heavy atom. The van der Waals surface area contributed by atoms with Crippen LogP contribution in [0.2, 0.25) is 0 Å². The summed E-state index contributed by atoms with van der Waals surface area (Å²) in [6.07, 6.45) is 1.46. The molecule has 0 heterocycles. The Labute approximate surface area is 123 Å². The summed E-state index contributed by atoms with van der Waals surface area (Å²) < 4.78 is 31.0. The summed E-state index contributed by atoms with van der Waals surface area (Å²) in [7, 11) is 0. The van der Waals surface area contributed by atoms with E-state index in [2.05, 4.69) is 5.32 Å². The summed E-state index contributed by atoms with van der Waals surface area (Å²) in [6, 6.07) is 2.88. The van der Waals surface area contributed by atoms with Gasteiger partial charge in [0.2, 0.25) is 0 Å². The first-order chi connectivity index (χ1) is 9.96. The summed E-state index contributed by atoms with van der Waals surface area (Å²) in [4.78, 5) is 11.7. The molecule has 21 heavy (non-hydrogen) atoms. The third-order valence-electron chi connectivity index (χ3n) is 3.75. The number of amides is 1. The molecule has 0 saturated carbocycles. The molecule has 2 N–H and O–H groups in total. The standard InChI is InChI=1S/C15H21F2NO3/c1-3-15(4-2,10-19)9-18-14(20)8-21-13-6-5-11(16)7-12(13)17/h5-7,19H,3-4,8-10H2,1-2H3,(H,18,20). The van der Waals surface area contributed by atoms with Crippen LogP contribution < -0.4 is 10.1 Å². The van der Waals surface area contributed by atoms with E-state index in [0.29, 0.717) is 12.6 Å². The van der Waals surface area contributed by atoms with E-state index in [9.17, 15) is 18.7 Å². The first kappa shape index (κ1) is 17.4. The van der Waals surface area contributed by atoms with Gasteiger partial charge >= 0.3 is 0 Å². The van der Waals surface area contributed by atoms with Gasteiger partial charge in [-0.2, -0.15) is 0 Å². The first-order valence-corrected chi connectivity index (χ1v) is 6.91. The molecule has 6 heteroatoms. The number of ether oxygens (including phenoxy) is 1. The lowest BCUT2D eigenvalue weighted by molar-refractivity contribution is -0.123. The zero-order valence-corrected chi connectivity index (χ0v) is 12.3. The highest BCUT2D eigenvalue weighted by molar-refractivity contribution is 5.77. The van der Waals surface area contributed by atoms with Crippen LogP contribution in [-0.2, 0) is 4.79 Å². The van der Waals surface area contributed by atoms with Crippen molar-refractivity contribution in [2.75, 3.05) is 19.8 Å². The van der Waals surface area contributed by atoms with Crippen molar-refractivity contribution in [1.29, 1.82) is 0 Å². The molecule has 1 aromatic carbocycles. The van der Waals surface area contributed by atoms with Crippen LogP contribution in [0.15, 0.2) is 18.2 Å². The molecule has 118 valence electrons. The Hall–Kier alpha value is -1.69. The number of carbonyl (C=O) groups excluding carboxylic acids is 1. The number of rotatable bonds is 8. The van der Waals surface area contributed by atoms with Gasteiger partial charge < -0.3 is 15.2 Å². The summed E-state index contributed by atoms with van der Waals surface area (Å²) in [5.41, 5.74) is -0.350. The van der Waals surface area contributed by atoms with Crippen LogP contribution in [0.4, 0.5) is 8.78 Å². The van der Waals surface area contributed by atoms with E-state index in [4.69, 9.17) is 4.74 Å². The molecule has 0 saturated heterocycles. The number of halogens is 2. The first-order valence-electron chi connectivity index (χ1n) is 6.91. The van der Waals surface area contributed by atoms with Crippen molar-refractivity contribution < 1.29 is 23.4 Å². The number of aliphatic hydroxyl groups excluding tert-OH is 1. The Balaban J connectivity index is 2.47. The minimum atomic E-state index is -0.852. The van der Waals surface area contributed by atoms with E-state index in [-0.39, 0.29) is 24.4 Å². The number of hydrogen-bond acceptors (Lipinski definition) is 3. The molecule has 4 nitrogen and oxygen atoms in total. The van der Waals surface area contributed by atoms with Crippen molar-refractivity contribution in [3.63, 3.8) is 0 Å². The summed E-state index contributed by atoms with van der Waals surface area (Å²) in [5.74, 6) is -2.15. The van der Waals surface area contributed by atoms with Gasteiger partial charge in [0, 0.05) is 18.0 Å². The lowest BCUT2D eigenvalue weighted by atomic mass is 9.83. The van der Waals surface area contributed by atoms with E-state index < -0.39 is 17.5 Å². The SMILES string of the molecule is CCC(CC)(CO)CNC(=O)COc1ccc(F)cc1F. The van der Waals surface area contributed by atoms with E-state index in [1.54, 1.807) is 0 Å². The molecule has 0 aliphatic rings. The average Bonchev–Trinajstić information content (AvgIpc) is 2.48. The predicted molar refractivity (Wildman–Crippen MR) is 75.0 cm³/mol. The molecule has 0 unspecified atom stereocenters. The lowest BCUT2D eigenvalue weighted by Crippen LogP contribution is -2.41. The number of hydrogen-bond donors (Lipinski definition) is 2. The van der Waals surface area contributed by atoms with Crippen molar-refractivity contribution in [2.45, 2.75) is 26.7 Å². The summed E-state index contributed by atoms with van der Waals surface area (Å²) in [5, 5.41) is 12.0. The summed E-state index contributed by atoms with van der Waals surface area (Å²) >= 11 is 0. The molecular formula is C15H21F2NO3. The molecule has 1 aromatic rings. The van der Waals surface area contributed by atoms with Gasteiger partial charge in [0.25, 0.3) is 5.91 Å². The fraction of sp³-hybridized carbons (Fsp3) is 0.533. The number of carbonyl (C=O) groups is 1. The predicted octanol–water partition coefficient (Wildman–Crippen LogP) is 2.26. The van der Waals surface area contributed by atoms with Crippen LogP contribution in [0.5, 0.6) is 5.75 Å². The van der Waals surface area contributed by atoms with Crippen LogP contribution in [0.3, 0.4) is 0 Å². The van der Waals surface area contributed by atoms with Gasteiger partial charge in [0.05, 0.1) is 6.61 Å². The smallest absolute Gasteiger partial charge is 0.257 e. The van der Waals surface area contributed by atoms with E-state index in [1.165, 1.54) is 0 Å². The molecule has 1 rings (SSSR count). The van der Waals surface area contributed by atoms with Gasteiger partial charge in [-0.1, -0.05) is 13.8 Å². The zero-order chi connectivity index (χ0) is 15.9. The molecule has 1 amide bonds. The highest BCUT2D eigenvalue weighted by Gasteiger charge is 2.25. The topological polar surface area (TPSA) is 58.6 Å². The largest absolute Gasteiger partial charge is 0.481 e. The van der Waals surface area contributed by atoms with Gasteiger partial charge in [-0.25, -0.2) is 8.78 Å². The maximum absolute atomic E-state index is 13.3. The Morgan fingerprint density at radius 3 is 2.52 bits per heavy atom.